The van der Waals surface area contributed by atoms with Gasteiger partial charge in [-0.05, 0) is 58.6 Å². The third kappa shape index (κ3) is 9.79. The maximum absolute atomic E-state index is 13.8. The standard InChI is InChI=1S/C28H41N3O6/c1-10-19(5)23(30-27(35)37-28(7,8)9)26(34)31(11-2)24(21-14-13-18(4)17-20(21)6)25(33)29-16-15-22(32)36-12-3/h2,13-14,17,19,23-24H,10,12,15-16H2,1,3-9H3,(H,29,33)(H,30,35). The molecule has 0 aliphatic rings. The summed E-state index contributed by atoms with van der Waals surface area (Å²) in [5.41, 5.74) is 1.51. The molecule has 2 N–H and O–H groups in total. The summed E-state index contributed by atoms with van der Waals surface area (Å²) >= 11 is 0. The highest BCUT2D eigenvalue weighted by Crippen LogP contribution is 2.27. The number of rotatable bonds is 11. The molecule has 37 heavy (non-hydrogen) atoms. The highest BCUT2D eigenvalue weighted by atomic mass is 16.6. The Morgan fingerprint density at radius 2 is 1.78 bits per heavy atom. The summed E-state index contributed by atoms with van der Waals surface area (Å²) < 4.78 is 10.3. The van der Waals surface area contributed by atoms with Crippen LogP contribution in [0.25, 0.3) is 0 Å². The Balaban J connectivity index is 3.39. The van der Waals surface area contributed by atoms with Gasteiger partial charge in [0.05, 0.1) is 13.0 Å². The molecule has 9 heteroatoms. The molecular weight excluding hydrogens is 474 g/mol. The summed E-state index contributed by atoms with van der Waals surface area (Å²) in [6, 6.07) is 5.60. The van der Waals surface area contributed by atoms with Gasteiger partial charge in [-0.2, -0.15) is 0 Å². The van der Waals surface area contributed by atoms with Crippen molar-refractivity contribution in [2.24, 2.45) is 5.92 Å². The summed E-state index contributed by atoms with van der Waals surface area (Å²) in [5.74, 6) is -1.92. The van der Waals surface area contributed by atoms with Crippen molar-refractivity contribution in [2.75, 3.05) is 13.2 Å². The van der Waals surface area contributed by atoms with Gasteiger partial charge in [0.15, 0.2) is 0 Å². The first-order chi connectivity index (χ1) is 17.2. The lowest BCUT2D eigenvalue weighted by Crippen LogP contribution is -2.54. The van der Waals surface area contributed by atoms with E-state index in [9.17, 15) is 19.2 Å². The van der Waals surface area contributed by atoms with E-state index in [0.717, 1.165) is 16.0 Å². The Morgan fingerprint density at radius 1 is 1.14 bits per heavy atom. The van der Waals surface area contributed by atoms with Crippen molar-refractivity contribution in [1.29, 1.82) is 0 Å². The number of carbonyl (C=O) groups is 4. The summed E-state index contributed by atoms with van der Waals surface area (Å²) in [4.78, 5) is 52.5. The maximum Gasteiger partial charge on any atom is 0.408 e. The second-order valence-corrected chi connectivity index (χ2v) is 9.96. The summed E-state index contributed by atoms with van der Waals surface area (Å²) in [6.07, 6.45) is 5.59. The molecule has 3 amide bonds. The Bertz CT molecular complexity index is 1010. The van der Waals surface area contributed by atoms with Crippen molar-refractivity contribution < 1.29 is 28.7 Å². The molecule has 0 aliphatic carbocycles. The number of alkyl carbamates (subject to hydrolysis) is 1. The van der Waals surface area contributed by atoms with Gasteiger partial charge in [-0.1, -0.05) is 50.5 Å². The SMILES string of the molecule is C#CN(C(=O)C(NC(=O)OC(C)(C)C)C(C)CC)C(C(=O)NCCC(=O)OCC)c1ccc(C)cc1C. The summed E-state index contributed by atoms with van der Waals surface area (Å²) in [7, 11) is 0. The van der Waals surface area contributed by atoms with Crippen LogP contribution in [0.3, 0.4) is 0 Å². The summed E-state index contributed by atoms with van der Waals surface area (Å²) in [5, 5.41) is 5.33. The van der Waals surface area contributed by atoms with Crippen molar-refractivity contribution in [3.8, 4) is 12.5 Å². The number of nitrogens with zero attached hydrogens (tertiary/aromatic N) is 1. The van der Waals surface area contributed by atoms with Crippen molar-refractivity contribution in [1.82, 2.24) is 15.5 Å². The minimum Gasteiger partial charge on any atom is -0.466 e. The van der Waals surface area contributed by atoms with E-state index in [4.69, 9.17) is 15.9 Å². The van der Waals surface area contributed by atoms with Crippen LogP contribution in [-0.2, 0) is 23.9 Å². The van der Waals surface area contributed by atoms with Crippen molar-refractivity contribution in [3.05, 3.63) is 34.9 Å². The Morgan fingerprint density at radius 3 is 2.30 bits per heavy atom. The number of aryl methyl sites for hydroxylation is 2. The fraction of sp³-hybridized carbons (Fsp3) is 0.571. The minimum atomic E-state index is -1.19. The van der Waals surface area contributed by atoms with E-state index in [-0.39, 0.29) is 25.5 Å². The molecule has 0 fully saturated rings. The molecule has 0 saturated heterocycles. The third-order valence-electron chi connectivity index (χ3n) is 5.69. The zero-order chi connectivity index (χ0) is 28.3. The number of ether oxygens (including phenoxy) is 2. The van der Waals surface area contributed by atoms with Crippen LogP contribution < -0.4 is 10.6 Å². The molecule has 0 aromatic heterocycles. The monoisotopic (exact) mass is 515 g/mol. The number of nitrogens with one attached hydrogen (secondary N) is 2. The molecule has 1 aromatic rings. The number of amides is 3. The van der Waals surface area contributed by atoms with Crippen LogP contribution in [0.15, 0.2) is 18.2 Å². The average Bonchev–Trinajstić information content (AvgIpc) is 2.79. The van der Waals surface area contributed by atoms with Crippen LogP contribution in [0.5, 0.6) is 0 Å². The lowest BCUT2D eigenvalue weighted by molar-refractivity contribution is -0.143. The van der Waals surface area contributed by atoms with Gasteiger partial charge in [-0.25, -0.2) is 4.79 Å². The Kier molecular flexibility index (Phi) is 12.1. The van der Waals surface area contributed by atoms with Gasteiger partial charge in [0.2, 0.25) is 5.91 Å². The Labute approximate surface area is 220 Å². The predicted molar refractivity (Wildman–Crippen MR) is 141 cm³/mol. The first kappa shape index (κ1) is 31.5. The van der Waals surface area contributed by atoms with E-state index < -0.39 is 41.6 Å². The zero-order valence-electron chi connectivity index (χ0n) is 23.3. The fourth-order valence-electron chi connectivity index (χ4n) is 3.68. The first-order valence-corrected chi connectivity index (χ1v) is 12.5. The van der Waals surface area contributed by atoms with Gasteiger partial charge in [0.25, 0.3) is 5.91 Å². The third-order valence-corrected chi connectivity index (χ3v) is 5.69. The number of terminal acetylenes is 1. The van der Waals surface area contributed by atoms with Crippen molar-refractivity contribution >= 4 is 23.9 Å². The van der Waals surface area contributed by atoms with E-state index in [0.29, 0.717) is 12.0 Å². The van der Waals surface area contributed by atoms with Gasteiger partial charge in [0.1, 0.15) is 17.7 Å². The smallest absolute Gasteiger partial charge is 0.408 e. The molecule has 0 bridgehead atoms. The number of hydrogen-bond donors (Lipinski definition) is 2. The number of hydrogen-bond acceptors (Lipinski definition) is 6. The molecule has 1 aromatic carbocycles. The molecule has 0 heterocycles. The molecule has 0 radical (unpaired) electrons. The van der Waals surface area contributed by atoms with Crippen LogP contribution in [0.4, 0.5) is 4.79 Å². The van der Waals surface area contributed by atoms with Crippen LogP contribution in [0.2, 0.25) is 0 Å². The molecule has 0 aliphatic heterocycles. The molecular formula is C28H41N3O6. The number of benzene rings is 1. The van der Waals surface area contributed by atoms with E-state index in [2.05, 4.69) is 16.7 Å². The lowest BCUT2D eigenvalue weighted by atomic mass is 9.94. The fourth-order valence-corrected chi connectivity index (χ4v) is 3.68. The molecule has 204 valence electrons. The van der Waals surface area contributed by atoms with Crippen molar-refractivity contribution in [2.45, 2.75) is 85.9 Å². The zero-order valence-corrected chi connectivity index (χ0v) is 23.3. The quantitative estimate of drug-likeness (QED) is 0.263. The average molecular weight is 516 g/mol. The molecule has 0 spiro atoms. The van der Waals surface area contributed by atoms with E-state index in [1.54, 1.807) is 40.7 Å². The van der Waals surface area contributed by atoms with Gasteiger partial charge >= 0.3 is 12.1 Å². The van der Waals surface area contributed by atoms with E-state index in [1.165, 1.54) is 0 Å². The second kappa shape index (κ2) is 14.3. The van der Waals surface area contributed by atoms with E-state index in [1.807, 2.05) is 32.9 Å². The highest BCUT2D eigenvalue weighted by molar-refractivity contribution is 5.93. The second-order valence-electron chi connectivity index (χ2n) is 9.96. The first-order valence-electron chi connectivity index (χ1n) is 12.5. The molecule has 1 rings (SSSR count). The largest absolute Gasteiger partial charge is 0.466 e. The Hall–Kier alpha value is -3.54. The van der Waals surface area contributed by atoms with Gasteiger partial charge < -0.3 is 20.1 Å². The maximum atomic E-state index is 13.8. The molecule has 9 nitrogen and oxygen atoms in total. The summed E-state index contributed by atoms with van der Waals surface area (Å²) in [6.45, 7) is 14.5. The minimum absolute atomic E-state index is 0.0105. The van der Waals surface area contributed by atoms with Crippen LogP contribution >= 0.6 is 0 Å². The van der Waals surface area contributed by atoms with Crippen LogP contribution in [0, 0.1) is 32.2 Å². The topological polar surface area (TPSA) is 114 Å². The lowest BCUT2D eigenvalue weighted by Gasteiger charge is -2.33. The van der Waals surface area contributed by atoms with Gasteiger partial charge in [0, 0.05) is 12.6 Å². The number of carbonyl (C=O) groups excluding carboxylic acids is 4. The predicted octanol–water partition coefficient (Wildman–Crippen LogP) is 3.77. The van der Waals surface area contributed by atoms with Crippen LogP contribution in [0.1, 0.15) is 77.1 Å². The highest BCUT2D eigenvalue weighted by Gasteiger charge is 2.38. The van der Waals surface area contributed by atoms with Crippen molar-refractivity contribution in [3.63, 3.8) is 0 Å². The van der Waals surface area contributed by atoms with Crippen LogP contribution in [-0.4, -0.2) is 53.6 Å². The van der Waals surface area contributed by atoms with Gasteiger partial charge in [-0.15, -0.1) is 0 Å². The molecule has 3 atom stereocenters. The molecule has 3 unspecified atom stereocenters. The molecule has 0 saturated carbocycles. The van der Waals surface area contributed by atoms with Gasteiger partial charge in [-0.3, -0.25) is 19.3 Å². The normalized spacial score (nSPS) is 13.4. The number of esters is 1. The van der Waals surface area contributed by atoms with E-state index >= 15 is 0 Å².